The van der Waals surface area contributed by atoms with Crippen LogP contribution in [-0.4, -0.2) is 172 Å². The highest BCUT2D eigenvalue weighted by atomic mass is 16.6. The average Bonchev–Trinajstić information content (AvgIpc) is 3.01. The number of hydrogen-bond donors (Lipinski definition) is 1. The van der Waals surface area contributed by atoms with E-state index >= 15 is 0 Å². The number of carbonyl (C=O) groups is 1. The summed E-state index contributed by atoms with van der Waals surface area (Å²) >= 11 is 0. The molecule has 0 rings (SSSR count). The molecule has 1 N–H and O–H groups in total. The molecule has 0 amide bonds. The van der Waals surface area contributed by atoms with E-state index in [4.69, 9.17) is 56.8 Å². The minimum absolute atomic E-state index is 0.188. The van der Waals surface area contributed by atoms with Crippen LogP contribution in [0.5, 0.6) is 0 Å². The Bertz CT molecular complexity index is 535. The van der Waals surface area contributed by atoms with E-state index in [0.717, 1.165) is 13.0 Å². The number of hydrogen-bond acceptors (Lipinski definition) is 14. The third-order valence-corrected chi connectivity index (χ3v) is 5.16. The predicted octanol–water partition coefficient (Wildman–Crippen LogP) is 0.732. The minimum atomic E-state index is -0.188. The van der Waals surface area contributed by atoms with E-state index in [1.165, 1.54) is 0 Å². The van der Waals surface area contributed by atoms with Crippen molar-refractivity contribution >= 4 is 5.97 Å². The number of nitrogens with one attached hydrogen (secondary N) is 1. The van der Waals surface area contributed by atoms with Gasteiger partial charge in [-0.2, -0.15) is 0 Å². The Morgan fingerprint density at radius 1 is 0.395 bits per heavy atom. The molecule has 0 spiro atoms. The fourth-order valence-corrected chi connectivity index (χ4v) is 2.97. The number of rotatable bonds is 38. The predicted molar refractivity (Wildman–Crippen MR) is 159 cm³/mol. The highest BCUT2D eigenvalue weighted by molar-refractivity contribution is 5.69. The van der Waals surface area contributed by atoms with Crippen molar-refractivity contribution < 1.29 is 61.6 Å². The van der Waals surface area contributed by atoms with E-state index in [9.17, 15) is 4.79 Å². The maximum absolute atomic E-state index is 11.2. The van der Waals surface area contributed by atoms with Gasteiger partial charge in [0, 0.05) is 13.0 Å². The topological polar surface area (TPSA) is 140 Å². The molecule has 0 heterocycles. The van der Waals surface area contributed by atoms with Gasteiger partial charge < -0.3 is 62.2 Å². The molecule has 0 unspecified atom stereocenters. The Labute approximate surface area is 258 Å². The summed E-state index contributed by atoms with van der Waals surface area (Å²) < 4.78 is 64.7. The monoisotopic (exact) mass is 629 g/mol. The van der Waals surface area contributed by atoms with Crippen molar-refractivity contribution in [2.45, 2.75) is 19.8 Å². The second-order valence-corrected chi connectivity index (χ2v) is 8.81. The molecule has 0 radical (unpaired) electrons. The van der Waals surface area contributed by atoms with Gasteiger partial charge in [0.25, 0.3) is 0 Å². The minimum Gasteiger partial charge on any atom is -0.463 e. The van der Waals surface area contributed by atoms with Crippen molar-refractivity contribution in [3.8, 4) is 0 Å². The highest BCUT2D eigenvalue weighted by Gasteiger charge is 2.00. The van der Waals surface area contributed by atoms with Crippen LogP contribution in [0.1, 0.15) is 19.8 Å². The second kappa shape index (κ2) is 39.0. The van der Waals surface area contributed by atoms with Gasteiger partial charge >= 0.3 is 5.97 Å². The first kappa shape index (κ1) is 42.0. The SMILES string of the molecule is CCCC(=O)OCCOCCOCCOCCOCCOCCOCCOCCOCCOCCOCCOCCNC. The molecule has 0 aromatic heterocycles. The van der Waals surface area contributed by atoms with Crippen LogP contribution >= 0.6 is 0 Å². The Morgan fingerprint density at radius 3 is 0.860 bits per heavy atom. The quantitative estimate of drug-likeness (QED) is 0.0758. The largest absolute Gasteiger partial charge is 0.463 e. The summed E-state index contributed by atoms with van der Waals surface area (Å²) in [6, 6.07) is 0. The van der Waals surface area contributed by atoms with E-state index in [2.05, 4.69) is 5.32 Å². The van der Waals surface area contributed by atoms with E-state index in [1.54, 1.807) is 0 Å². The third-order valence-electron chi connectivity index (χ3n) is 5.16. The van der Waals surface area contributed by atoms with Gasteiger partial charge in [-0.3, -0.25) is 4.79 Å². The molecule has 0 aromatic carbocycles. The Balaban J connectivity index is 3.05. The van der Waals surface area contributed by atoms with E-state index in [0.29, 0.717) is 152 Å². The summed E-state index contributed by atoms with van der Waals surface area (Å²) in [7, 11) is 1.89. The van der Waals surface area contributed by atoms with Crippen molar-refractivity contribution in [2.75, 3.05) is 166 Å². The number of ether oxygens (including phenoxy) is 12. The average molecular weight is 630 g/mol. The Kier molecular flexibility index (Phi) is 38.1. The molecule has 0 aliphatic carbocycles. The van der Waals surface area contributed by atoms with E-state index in [1.807, 2.05) is 14.0 Å². The highest BCUT2D eigenvalue weighted by Crippen LogP contribution is 1.91. The standard InChI is InChI=1S/C29H59NO13/c1-3-4-29(31)43-28-27-42-26-25-41-24-23-40-22-21-39-20-19-38-18-17-37-16-15-36-14-13-35-12-11-34-10-9-33-8-7-32-6-5-30-2/h30H,3-28H2,1-2H3. The van der Waals surface area contributed by atoms with Gasteiger partial charge in [-0.1, -0.05) is 6.92 Å². The second-order valence-electron chi connectivity index (χ2n) is 8.81. The molecule has 0 saturated carbocycles. The molecule has 0 atom stereocenters. The van der Waals surface area contributed by atoms with Crippen LogP contribution in [0.25, 0.3) is 0 Å². The number of likely N-dealkylation sites (N-methyl/N-ethyl adjacent to an activating group) is 1. The van der Waals surface area contributed by atoms with Gasteiger partial charge in [0.15, 0.2) is 0 Å². The first-order valence-electron chi connectivity index (χ1n) is 15.5. The maximum atomic E-state index is 11.2. The van der Waals surface area contributed by atoms with Crippen LogP contribution in [0, 0.1) is 0 Å². The lowest BCUT2D eigenvalue weighted by Crippen LogP contribution is -2.17. The normalized spacial score (nSPS) is 11.4. The van der Waals surface area contributed by atoms with Gasteiger partial charge in [-0.15, -0.1) is 0 Å². The lowest BCUT2D eigenvalue weighted by atomic mass is 10.3. The fraction of sp³-hybridized carbons (Fsp3) is 0.966. The van der Waals surface area contributed by atoms with Crippen LogP contribution in [0.3, 0.4) is 0 Å². The zero-order chi connectivity index (χ0) is 31.2. The first-order valence-corrected chi connectivity index (χ1v) is 15.5. The van der Waals surface area contributed by atoms with Crippen molar-refractivity contribution in [3.63, 3.8) is 0 Å². The molecule has 0 aromatic rings. The summed E-state index contributed by atoms with van der Waals surface area (Å²) in [5.41, 5.74) is 0. The van der Waals surface area contributed by atoms with Crippen molar-refractivity contribution in [3.05, 3.63) is 0 Å². The zero-order valence-electron chi connectivity index (χ0n) is 26.7. The molecule has 0 aliphatic rings. The molecule has 14 heteroatoms. The molecule has 0 saturated heterocycles. The van der Waals surface area contributed by atoms with Gasteiger partial charge in [0.1, 0.15) is 6.61 Å². The maximum Gasteiger partial charge on any atom is 0.305 e. The summed E-state index contributed by atoms with van der Waals surface area (Å²) in [5.74, 6) is -0.188. The summed E-state index contributed by atoms with van der Waals surface area (Å²) in [4.78, 5) is 11.2. The van der Waals surface area contributed by atoms with Gasteiger partial charge in [0.05, 0.1) is 145 Å². The molecular weight excluding hydrogens is 570 g/mol. The first-order chi connectivity index (χ1) is 21.3. The van der Waals surface area contributed by atoms with Gasteiger partial charge in [0.2, 0.25) is 0 Å². The van der Waals surface area contributed by atoms with Crippen molar-refractivity contribution in [2.24, 2.45) is 0 Å². The van der Waals surface area contributed by atoms with E-state index in [-0.39, 0.29) is 12.6 Å². The van der Waals surface area contributed by atoms with E-state index < -0.39 is 0 Å². The third kappa shape index (κ3) is 39.0. The van der Waals surface area contributed by atoms with Crippen LogP contribution in [0.4, 0.5) is 0 Å². The molecular formula is C29H59NO13. The Morgan fingerprint density at radius 2 is 0.628 bits per heavy atom. The molecule has 0 bridgehead atoms. The fourth-order valence-electron chi connectivity index (χ4n) is 2.97. The van der Waals surface area contributed by atoms with Crippen molar-refractivity contribution in [1.82, 2.24) is 5.32 Å². The van der Waals surface area contributed by atoms with Gasteiger partial charge in [-0.25, -0.2) is 0 Å². The van der Waals surface area contributed by atoms with Crippen LogP contribution < -0.4 is 5.32 Å². The molecule has 0 fully saturated rings. The Hall–Kier alpha value is -1.01. The lowest BCUT2D eigenvalue weighted by Gasteiger charge is -2.09. The van der Waals surface area contributed by atoms with Gasteiger partial charge in [-0.05, 0) is 13.5 Å². The summed E-state index contributed by atoms with van der Waals surface area (Å²) in [6.45, 7) is 14.4. The van der Waals surface area contributed by atoms with Crippen molar-refractivity contribution in [1.29, 1.82) is 0 Å². The molecule has 0 aliphatic heterocycles. The lowest BCUT2D eigenvalue weighted by molar-refractivity contribution is -0.145. The van der Waals surface area contributed by atoms with Crippen LogP contribution in [0.2, 0.25) is 0 Å². The number of carbonyl (C=O) groups excluding carboxylic acids is 1. The molecule has 258 valence electrons. The summed E-state index contributed by atoms with van der Waals surface area (Å²) in [5, 5.41) is 3.02. The molecule has 43 heavy (non-hydrogen) atoms. The number of esters is 1. The summed E-state index contributed by atoms with van der Waals surface area (Å²) in [6.07, 6.45) is 1.23. The van der Waals surface area contributed by atoms with Crippen LogP contribution in [-0.2, 0) is 61.6 Å². The molecule has 14 nitrogen and oxygen atoms in total. The zero-order valence-corrected chi connectivity index (χ0v) is 26.7. The smallest absolute Gasteiger partial charge is 0.305 e. The van der Waals surface area contributed by atoms with Crippen LogP contribution in [0.15, 0.2) is 0 Å².